The van der Waals surface area contributed by atoms with Gasteiger partial charge in [-0.3, -0.25) is 0 Å². The van der Waals surface area contributed by atoms with Crippen molar-refractivity contribution in [3.05, 3.63) is 34.9 Å². The van der Waals surface area contributed by atoms with E-state index in [1.54, 1.807) is 0 Å². The molecule has 0 amide bonds. The van der Waals surface area contributed by atoms with Crippen LogP contribution in [0.25, 0.3) is 0 Å². The summed E-state index contributed by atoms with van der Waals surface area (Å²) in [5.41, 5.74) is 1.36. The summed E-state index contributed by atoms with van der Waals surface area (Å²) in [6.45, 7) is 5.40. The Kier molecular flexibility index (Phi) is 4.99. The van der Waals surface area contributed by atoms with Crippen molar-refractivity contribution < 1.29 is 0 Å². The molecule has 1 unspecified atom stereocenters. The van der Waals surface area contributed by atoms with Crippen LogP contribution in [0.3, 0.4) is 0 Å². The third kappa shape index (κ3) is 4.12. The van der Waals surface area contributed by atoms with E-state index >= 15 is 0 Å². The summed E-state index contributed by atoms with van der Waals surface area (Å²) in [6, 6.07) is 8.70. The van der Waals surface area contributed by atoms with E-state index in [0.29, 0.717) is 6.04 Å². The Hall–Kier alpha value is -0.530. The fraction of sp³-hybridized carbons (Fsp3) is 0.500. The van der Waals surface area contributed by atoms with Gasteiger partial charge in [-0.15, -0.1) is 0 Å². The van der Waals surface area contributed by atoms with Gasteiger partial charge in [0.1, 0.15) is 0 Å². The van der Waals surface area contributed by atoms with Gasteiger partial charge >= 0.3 is 0 Å². The van der Waals surface area contributed by atoms with Crippen LogP contribution in [0.5, 0.6) is 0 Å². The van der Waals surface area contributed by atoms with Gasteiger partial charge in [0.25, 0.3) is 0 Å². The van der Waals surface area contributed by atoms with Crippen LogP contribution < -0.4 is 5.32 Å². The molecule has 0 aromatic heterocycles. The molecule has 0 radical (unpaired) electrons. The maximum Gasteiger partial charge on any atom is 0.0406 e. The minimum Gasteiger partial charge on any atom is -0.315 e. The van der Waals surface area contributed by atoms with Crippen LogP contribution in [-0.4, -0.2) is 12.6 Å². The molecule has 1 rings (SSSR count). The second-order valence-electron chi connectivity index (χ2n) is 3.62. The van der Waals surface area contributed by atoms with Gasteiger partial charge in [0, 0.05) is 11.1 Å². The molecule has 1 atom stereocenters. The van der Waals surface area contributed by atoms with Crippen molar-refractivity contribution in [2.45, 2.75) is 32.7 Å². The molecule has 0 aliphatic carbocycles. The third-order valence-electron chi connectivity index (χ3n) is 2.33. The number of hydrogen-bond donors (Lipinski definition) is 1. The maximum absolute atomic E-state index is 5.81. The Bertz CT molecular complexity index is 256. The summed E-state index contributed by atoms with van der Waals surface area (Å²) >= 11 is 5.81. The zero-order valence-electron chi connectivity index (χ0n) is 8.89. The number of halogens is 1. The highest BCUT2D eigenvalue weighted by molar-refractivity contribution is 6.30. The van der Waals surface area contributed by atoms with Crippen molar-refractivity contribution in [1.82, 2.24) is 5.32 Å². The van der Waals surface area contributed by atoms with Crippen molar-refractivity contribution >= 4 is 11.6 Å². The molecule has 2 heteroatoms. The monoisotopic (exact) mass is 211 g/mol. The Balaban J connectivity index is 2.34. The van der Waals surface area contributed by atoms with E-state index in [2.05, 4.69) is 31.3 Å². The van der Waals surface area contributed by atoms with E-state index in [0.717, 1.165) is 18.0 Å². The number of rotatable bonds is 5. The van der Waals surface area contributed by atoms with E-state index in [1.807, 2.05) is 12.1 Å². The van der Waals surface area contributed by atoms with Gasteiger partial charge < -0.3 is 5.32 Å². The summed E-state index contributed by atoms with van der Waals surface area (Å²) < 4.78 is 0. The van der Waals surface area contributed by atoms with Crippen LogP contribution in [-0.2, 0) is 6.42 Å². The highest BCUT2D eigenvalue weighted by atomic mass is 35.5. The standard InChI is InChI=1S/C12H18ClN/c1-3-14-10(2)4-5-11-6-8-12(13)9-7-11/h6-10,14H,3-5H2,1-2H3. The highest BCUT2D eigenvalue weighted by Gasteiger charge is 2.00. The van der Waals surface area contributed by atoms with Gasteiger partial charge in [-0.25, -0.2) is 0 Å². The second-order valence-corrected chi connectivity index (χ2v) is 4.06. The molecule has 1 N–H and O–H groups in total. The predicted molar refractivity (Wildman–Crippen MR) is 62.9 cm³/mol. The average molecular weight is 212 g/mol. The Morgan fingerprint density at radius 2 is 1.93 bits per heavy atom. The fourth-order valence-electron chi connectivity index (χ4n) is 1.48. The largest absolute Gasteiger partial charge is 0.315 e. The molecule has 0 heterocycles. The first-order valence-electron chi connectivity index (χ1n) is 5.20. The number of hydrogen-bond acceptors (Lipinski definition) is 1. The zero-order chi connectivity index (χ0) is 10.4. The Labute approximate surface area is 91.5 Å². The molecular formula is C12H18ClN. The molecule has 0 aliphatic heterocycles. The molecular weight excluding hydrogens is 194 g/mol. The van der Waals surface area contributed by atoms with Crippen molar-refractivity contribution in [1.29, 1.82) is 0 Å². The molecule has 1 aromatic carbocycles. The van der Waals surface area contributed by atoms with E-state index in [-0.39, 0.29) is 0 Å². The zero-order valence-corrected chi connectivity index (χ0v) is 9.64. The highest BCUT2D eigenvalue weighted by Crippen LogP contribution is 2.11. The van der Waals surface area contributed by atoms with Gasteiger partial charge in [-0.1, -0.05) is 30.7 Å². The normalized spacial score (nSPS) is 12.8. The fourth-order valence-corrected chi connectivity index (χ4v) is 1.61. The van der Waals surface area contributed by atoms with Crippen molar-refractivity contribution in [2.75, 3.05) is 6.54 Å². The minimum absolute atomic E-state index is 0.593. The van der Waals surface area contributed by atoms with Crippen molar-refractivity contribution in [3.63, 3.8) is 0 Å². The summed E-state index contributed by atoms with van der Waals surface area (Å²) in [5.74, 6) is 0. The summed E-state index contributed by atoms with van der Waals surface area (Å²) in [5, 5.41) is 4.21. The first kappa shape index (κ1) is 11.5. The number of nitrogens with one attached hydrogen (secondary N) is 1. The Morgan fingerprint density at radius 1 is 1.29 bits per heavy atom. The lowest BCUT2D eigenvalue weighted by atomic mass is 10.1. The molecule has 78 valence electrons. The minimum atomic E-state index is 0.593. The van der Waals surface area contributed by atoms with Gasteiger partial charge in [0.05, 0.1) is 0 Å². The average Bonchev–Trinajstić information content (AvgIpc) is 2.17. The third-order valence-corrected chi connectivity index (χ3v) is 2.58. The molecule has 1 nitrogen and oxygen atoms in total. The van der Waals surface area contributed by atoms with Crippen LogP contribution in [0, 0.1) is 0 Å². The van der Waals surface area contributed by atoms with Crippen molar-refractivity contribution in [3.8, 4) is 0 Å². The molecule has 0 aliphatic rings. The number of benzene rings is 1. The smallest absolute Gasteiger partial charge is 0.0406 e. The molecule has 1 aromatic rings. The van der Waals surface area contributed by atoms with Gasteiger partial charge in [0.2, 0.25) is 0 Å². The number of aryl methyl sites for hydroxylation is 1. The van der Waals surface area contributed by atoms with Crippen molar-refractivity contribution in [2.24, 2.45) is 0 Å². The topological polar surface area (TPSA) is 12.0 Å². The van der Waals surface area contributed by atoms with Gasteiger partial charge in [-0.05, 0) is 44.0 Å². The Morgan fingerprint density at radius 3 is 2.50 bits per heavy atom. The molecule has 0 spiro atoms. The molecule has 14 heavy (non-hydrogen) atoms. The SMILES string of the molecule is CCNC(C)CCc1ccc(Cl)cc1. The molecule has 0 saturated heterocycles. The van der Waals surface area contributed by atoms with E-state index in [4.69, 9.17) is 11.6 Å². The molecule has 0 bridgehead atoms. The van der Waals surface area contributed by atoms with Crippen LogP contribution in [0.15, 0.2) is 24.3 Å². The summed E-state index contributed by atoms with van der Waals surface area (Å²) in [6.07, 6.45) is 2.29. The first-order chi connectivity index (χ1) is 6.72. The second kappa shape index (κ2) is 6.05. The van der Waals surface area contributed by atoms with Crippen LogP contribution in [0.2, 0.25) is 5.02 Å². The lowest BCUT2D eigenvalue weighted by Gasteiger charge is -2.11. The quantitative estimate of drug-likeness (QED) is 0.789. The lowest BCUT2D eigenvalue weighted by molar-refractivity contribution is 0.530. The van der Waals surface area contributed by atoms with E-state index in [9.17, 15) is 0 Å². The first-order valence-corrected chi connectivity index (χ1v) is 5.58. The van der Waals surface area contributed by atoms with Gasteiger partial charge in [-0.2, -0.15) is 0 Å². The van der Waals surface area contributed by atoms with Crippen LogP contribution in [0.4, 0.5) is 0 Å². The van der Waals surface area contributed by atoms with E-state index < -0.39 is 0 Å². The molecule has 0 saturated carbocycles. The predicted octanol–water partition coefficient (Wildman–Crippen LogP) is 3.27. The lowest BCUT2D eigenvalue weighted by Crippen LogP contribution is -2.25. The summed E-state index contributed by atoms with van der Waals surface area (Å²) in [7, 11) is 0. The van der Waals surface area contributed by atoms with Crippen LogP contribution in [0.1, 0.15) is 25.8 Å². The summed E-state index contributed by atoms with van der Waals surface area (Å²) in [4.78, 5) is 0. The van der Waals surface area contributed by atoms with Crippen LogP contribution >= 0.6 is 11.6 Å². The van der Waals surface area contributed by atoms with E-state index in [1.165, 1.54) is 12.0 Å². The maximum atomic E-state index is 5.81. The van der Waals surface area contributed by atoms with Gasteiger partial charge in [0.15, 0.2) is 0 Å². The molecule has 0 fully saturated rings.